The molecular formula is C17H22N2O2. The number of likely N-dealkylation sites (N-methyl/N-ethyl adjacent to an activating group) is 1. The molecule has 0 saturated carbocycles. The molecule has 3 rings (SSSR count). The van der Waals surface area contributed by atoms with Gasteiger partial charge in [-0.1, -0.05) is 0 Å². The van der Waals surface area contributed by atoms with Crippen molar-refractivity contribution < 1.29 is 9.53 Å². The van der Waals surface area contributed by atoms with Crippen molar-refractivity contribution >= 4 is 16.8 Å². The Morgan fingerprint density at radius 1 is 1.43 bits per heavy atom. The second-order valence-electron chi connectivity index (χ2n) is 5.96. The number of carbonyl (C=O) groups excluding carboxylic acids is 1. The van der Waals surface area contributed by atoms with Crippen molar-refractivity contribution in [2.24, 2.45) is 0 Å². The highest BCUT2D eigenvalue weighted by atomic mass is 16.5. The van der Waals surface area contributed by atoms with Crippen LogP contribution in [0.2, 0.25) is 0 Å². The van der Waals surface area contributed by atoms with Crippen LogP contribution in [0.4, 0.5) is 0 Å². The maximum Gasteiger partial charge on any atom is 0.253 e. The van der Waals surface area contributed by atoms with Crippen LogP contribution >= 0.6 is 0 Å². The molecule has 0 aliphatic carbocycles. The van der Waals surface area contributed by atoms with Crippen molar-refractivity contribution in [1.29, 1.82) is 0 Å². The topological polar surface area (TPSA) is 45.3 Å². The van der Waals surface area contributed by atoms with Gasteiger partial charge in [0.2, 0.25) is 0 Å². The minimum absolute atomic E-state index is 0.0608. The van der Waals surface area contributed by atoms with Crippen LogP contribution in [0.25, 0.3) is 10.9 Å². The lowest BCUT2D eigenvalue weighted by molar-refractivity contribution is 0.0587. The van der Waals surface area contributed by atoms with Crippen molar-refractivity contribution in [1.82, 2.24) is 9.88 Å². The summed E-state index contributed by atoms with van der Waals surface area (Å²) in [4.78, 5) is 17.7. The highest BCUT2D eigenvalue weighted by Gasteiger charge is 2.21. The van der Waals surface area contributed by atoms with E-state index in [1.165, 1.54) is 5.56 Å². The maximum absolute atomic E-state index is 12.6. The lowest BCUT2D eigenvalue weighted by Crippen LogP contribution is -2.34. The molecule has 0 bridgehead atoms. The molecule has 1 saturated heterocycles. The number of H-pyrrole nitrogens is 1. The highest BCUT2D eigenvalue weighted by Crippen LogP contribution is 2.23. The molecule has 2 heterocycles. The van der Waals surface area contributed by atoms with E-state index >= 15 is 0 Å². The zero-order valence-electron chi connectivity index (χ0n) is 12.9. The summed E-state index contributed by atoms with van der Waals surface area (Å²) in [7, 11) is 1.85. The standard InChI is InChI=1S/C17H22N2O2/c1-11-12(2)18-16-7-6-13(9-15(11)16)17(20)19(3)10-14-5-4-8-21-14/h6-7,9,14,18H,4-5,8,10H2,1-3H3. The first kappa shape index (κ1) is 14.1. The second-order valence-corrected chi connectivity index (χ2v) is 5.96. The summed E-state index contributed by atoms with van der Waals surface area (Å²) < 4.78 is 5.60. The van der Waals surface area contributed by atoms with Gasteiger partial charge in [-0.3, -0.25) is 4.79 Å². The highest BCUT2D eigenvalue weighted by molar-refractivity contribution is 5.98. The van der Waals surface area contributed by atoms with E-state index in [0.717, 1.165) is 41.6 Å². The fraction of sp³-hybridized carbons (Fsp3) is 0.471. The molecule has 1 aromatic carbocycles. The normalized spacial score (nSPS) is 18.3. The van der Waals surface area contributed by atoms with Crippen LogP contribution in [0.15, 0.2) is 18.2 Å². The Morgan fingerprint density at radius 2 is 2.24 bits per heavy atom. The predicted octanol–water partition coefficient (Wildman–Crippen LogP) is 3.04. The molecule has 1 aromatic heterocycles. The number of nitrogens with zero attached hydrogens (tertiary/aromatic N) is 1. The molecule has 1 unspecified atom stereocenters. The fourth-order valence-electron chi connectivity index (χ4n) is 2.99. The largest absolute Gasteiger partial charge is 0.376 e. The van der Waals surface area contributed by atoms with Crippen molar-refractivity contribution in [3.63, 3.8) is 0 Å². The second kappa shape index (κ2) is 5.53. The average Bonchev–Trinajstić information content (AvgIpc) is 3.07. The first-order valence-corrected chi connectivity index (χ1v) is 7.52. The van der Waals surface area contributed by atoms with E-state index in [-0.39, 0.29) is 12.0 Å². The van der Waals surface area contributed by atoms with E-state index in [9.17, 15) is 4.79 Å². The van der Waals surface area contributed by atoms with Gasteiger partial charge in [0.25, 0.3) is 5.91 Å². The van der Waals surface area contributed by atoms with Crippen LogP contribution < -0.4 is 0 Å². The number of aromatic nitrogens is 1. The number of carbonyl (C=O) groups is 1. The van der Waals surface area contributed by atoms with E-state index in [2.05, 4.69) is 18.8 Å². The average molecular weight is 286 g/mol. The monoisotopic (exact) mass is 286 g/mol. The molecule has 1 N–H and O–H groups in total. The van der Waals surface area contributed by atoms with Crippen molar-refractivity contribution in [2.45, 2.75) is 32.8 Å². The summed E-state index contributed by atoms with van der Waals surface area (Å²) in [6.07, 6.45) is 2.34. The number of hydrogen-bond acceptors (Lipinski definition) is 2. The van der Waals surface area contributed by atoms with Gasteiger partial charge in [-0.25, -0.2) is 0 Å². The quantitative estimate of drug-likeness (QED) is 0.942. The van der Waals surface area contributed by atoms with Gasteiger partial charge in [0, 0.05) is 42.4 Å². The summed E-state index contributed by atoms with van der Waals surface area (Å²) >= 11 is 0. The Kier molecular flexibility index (Phi) is 3.72. The molecule has 0 spiro atoms. The maximum atomic E-state index is 12.6. The van der Waals surface area contributed by atoms with Crippen LogP contribution in [-0.4, -0.2) is 42.1 Å². The lowest BCUT2D eigenvalue weighted by Gasteiger charge is -2.21. The Balaban J connectivity index is 1.81. The molecule has 1 atom stereocenters. The molecule has 1 fully saturated rings. The molecule has 1 amide bonds. The third kappa shape index (κ3) is 2.68. The third-order valence-electron chi connectivity index (χ3n) is 4.40. The lowest BCUT2D eigenvalue weighted by atomic mass is 10.1. The Hall–Kier alpha value is -1.81. The summed E-state index contributed by atoms with van der Waals surface area (Å²) in [5.74, 6) is 0.0608. The molecule has 4 nitrogen and oxygen atoms in total. The summed E-state index contributed by atoms with van der Waals surface area (Å²) in [6.45, 7) is 5.63. The van der Waals surface area contributed by atoms with Crippen LogP contribution in [-0.2, 0) is 4.74 Å². The van der Waals surface area contributed by atoms with Gasteiger partial charge in [-0.05, 0) is 50.5 Å². The van der Waals surface area contributed by atoms with Gasteiger partial charge in [-0.15, -0.1) is 0 Å². The van der Waals surface area contributed by atoms with Crippen molar-refractivity contribution in [3.8, 4) is 0 Å². The van der Waals surface area contributed by atoms with E-state index in [4.69, 9.17) is 4.74 Å². The first-order chi connectivity index (χ1) is 10.1. The smallest absolute Gasteiger partial charge is 0.253 e. The number of fused-ring (bicyclic) bond motifs is 1. The minimum atomic E-state index is 0.0608. The fourth-order valence-corrected chi connectivity index (χ4v) is 2.99. The number of aryl methyl sites for hydroxylation is 2. The molecule has 21 heavy (non-hydrogen) atoms. The number of aromatic amines is 1. The number of nitrogens with one attached hydrogen (secondary N) is 1. The van der Waals surface area contributed by atoms with Gasteiger partial charge >= 0.3 is 0 Å². The molecule has 2 aromatic rings. The predicted molar refractivity (Wildman–Crippen MR) is 83.7 cm³/mol. The first-order valence-electron chi connectivity index (χ1n) is 7.52. The molecular weight excluding hydrogens is 264 g/mol. The zero-order valence-corrected chi connectivity index (χ0v) is 12.9. The minimum Gasteiger partial charge on any atom is -0.376 e. The number of amides is 1. The Labute approximate surface area is 125 Å². The summed E-state index contributed by atoms with van der Waals surface area (Å²) in [5, 5.41) is 1.13. The Morgan fingerprint density at radius 3 is 2.95 bits per heavy atom. The van der Waals surface area contributed by atoms with Crippen LogP contribution in [0.1, 0.15) is 34.5 Å². The number of ether oxygens (including phenoxy) is 1. The van der Waals surface area contributed by atoms with Crippen LogP contribution in [0.5, 0.6) is 0 Å². The zero-order chi connectivity index (χ0) is 15.0. The molecule has 0 radical (unpaired) electrons. The molecule has 1 aliphatic heterocycles. The Bertz CT molecular complexity index is 669. The van der Waals surface area contributed by atoms with E-state index in [1.807, 2.05) is 25.2 Å². The SMILES string of the molecule is Cc1[nH]c2ccc(C(=O)N(C)CC3CCCO3)cc2c1C. The van der Waals surface area contributed by atoms with Crippen LogP contribution in [0.3, 0.4) is 0 Å². The summed E-state index contributed by atoms with van der Waals surface area (Å²) in [5.41, 5.74) is 4.19. The number of rotatable bonds is 3. The van der Waals surface area contributed by atoms with Gasteiger partial charge in [-0.2, -0.15) is 0 Å². The molecule has 1 aliphatic rings. The number of hydrogen-bond donors (Lipinski definition) is 1. The van der Waals surface area contributed by atoms with E-state index in [0.29, 0.717) is 6.54 Å². The summed E-state index contributed by atoms with van der Waals surface area (Å²) in [6, 6.07) is 5.87. The third-order valence-corrected chi connectivity index (χ3v) is 4.40. The van der Waals surface area contributed by atoms with E-state index < -0.39 is 0 Å². The van der Waals surface area contributed by atoms with Crippen molar-refractivity contribution in [2.75, 3.05) is 20.2 Å². The van der Waals surface area contributed by atoms with Crippen molar-refractivity contribution in [3.05, 3.63) is 35.0 Å². The number of benzene rings is 1. The van der Waals surface area contributed by atoms with E-state index in [1.54, 1.807) is 4.90 Å². The van der Waals surface area contributed by atoms with Gasteiger partial charge < -0.3 is 14.6 Å². The molecule has 4 heteroatoms. The van der Waals surface area contributed by atoms with Gasteiger partial charge in [0.05, 0.1) is 6.10 Å². The van der Waals surface area contributed by atoms with Crippen LogP contribution in [0, 0.1) is 13.8 Å². The van der Waals surface area contributed by atoms with Gasteiger partial charge in [0.15, 0.2) is 0 Å². The van der Waals surface area contributed by atoms with Gasteiger partial charge in [0.1, 0.15) is 0 Å². The molecule has 112 valence electrons.